The van der Waals surface area contributed by atoms with Crippen LogP contribution in [0, 0.1) is 0 Å². The summed E-state index contributed by atoms with van der Waals surface area (Å²) in [5.74, 6) is 0. The van der Waals surface area contributed by atoms with Crippen LogP contribution in [0.2, 0.25) is 0 Å². The van der Waals surface area contributed by atoms with Crippen molar-refractivity contribution in [3.8, 4) is 0 Å². The standard InChI is InChI=1S/C8H15N/c1-5-6-7-9-8(2,3)4/h5-7,9H,1H2,2-4H3/b7-6+. The van der Waals surface area contributed by atoms with Gasteiger partial charge in [0.15, 0.2) is 0 Å². The van der Waals surface area contributed by atoms with Gasteiger partial charge in [-0.05, 0) is 33.0 Å². The van der Waals surface area contributed by atoms with Gasteiger partial charge in [-0.15, -0.1) is 0 Å². The first-order chi connectivity index (χ1) is 4.06. The van der Waals surface area contributed by atoms with Gasteiger partial charge in [0.2, 0.25) is 0 Å². The molecule has 0 spiro atoms. The molecule has 0 saturated heterocycles. The fourth-order valence-corrected chi connectivity index (χ4v) is 0.366. The summed E-state index contributed by atoms with van der Waals surface area (Å²) in [5, 5.41) is 3.17. The van der Waals surface area contributed by atoms with Crippen molar-refractivity contribution < 1.29 is 0 Å². The predicted molar refractivity (Wildman–Crippen MR) is 42.2 cm³/mol. The normalized spacial score (nSPS) is 11.9. The van der Waals surface area contributed by atoms with Crippen LogP contribution < -0.4 is 5.32 Å². The van der Waals surface area contributed by atoms with Crippen molar-refractivity contribution in [1.82, 2.24) is 5.32 Å². The van der Waals surface area contributed by atoms with E-state index in [2.05, 4.69) is 32.7 Å². The van der Waals surface area contributed by atoms with Gasteiger partial charge >= 0.3 is 0 Å². The first kappa shape index (κ1) is 8.28. The summed E-state index contributed by atoms with van der Waals surface area (Å²) in [6.07, 6.45) is 5.52. The van der Waals surface area contributed by atoms with Crippen LogP contribution in [0.15, 0.2) is 24.9 Å². The van der Waals surface area contributed by atoms with Crippen molar-refractivity contribution in [2.24, 2.45) is 0 Å². The highest BCUT2D eigenvalue weighted by molar-refractivity contribution is 4.97. The second-order valence-corrected chi connectivity index (χ2v) is 2.99. The first-order valence-corrected chi connectivity index (χ1v) is 3.11. The van der Waals surface area contributed by atoms with Gasteiger partial charge in [-0.3, -0.25) is 0 Å². The Morgan fingerprint density at radius 2 is 1.89 bits per heavy atom. The maximum absolute atomic E-state index is 3.55. The van der Waals surface area contributed by atoms with Gasteiger partial charge in [0, 0.05) is 5.54 Å². The van der Waals surface area contributed by atoms with Crippen molar-refractivity contribution in [3.63, 3.8) is 0 Å². The van der Waals surface area contributed by atoms with Crippen LogP contribution in [0.4, 0.5) is 0 Å². The molecule has 0 atom stereocenters. The summed E-state index contributed by atoms with van der Waals surface area (Å²) in [4.78, 5) is 0. The van der Waals surface area contributed by atoms with Crippen LogP contribution in [-0.2, 0) is 0 Å². The summed E-state index contributed by atoms with van der Waals surface area (Å²) in [6, 6.07) is 0. The van der Waals surface area contributed by atoms with Crippen LogP contribution in [0.3, 0.4) is 0 Å². The minimum Gasteiger partial charge on any atom is -0.386 e. The van der Waals surface area contributed by atoms with E-state index in [0.717, 1.165) is 0 Å². The molecule has 1 heteroatoms. The lowest BCUT2D eigenvalue weighted by molar-refractivity contribution is 0.491. The molecule has 0 aliphatic carbocycles. The van der Waals surface area contributed by atoms with Crippen molar-refractivity contribution >= 4 is 0 Å². The van der Waals surface area contributed by atoms with Crippen LogP contribution in [0.25, 0.3) is 0 Å². The van der Waals surface area contributed by atoms with E-state index in [0.29, 0.717) is 0 Å². The van der Waals surface area contributed by atoms with Gasteiger partial charge in [0.25, 0.3) is 0 Å². The van der Waals surface area contributed by atoms with E-state index < -0.39 is 0 Å². The molecular weight excluding hydrogens is 110 g/mol. The Kier molecular flexibility index (Phi) is 3.07. The fraction of sp³-hybridized carbons (Fsp3) is 0.500. The van der Waals surface area contributed by atoms with E-state index in [4.69, 9.17) is 0 Å². The van der Waals surface area contributed by atoms with Crippen LogP contribution in [0.1, 0.15) is 20.8 Å². The minimum absolute atomic E-state index is 0.166. The molecule has 0 fully saturated rings. The molecule has 0 saturated carbocycles. The number of allylic oxidation sites excluding steroid dienone is 2. The van der Waals surface area contributed by atoms with Crippen LogP contribution >= 0.6 is 0 Å². The maximum atomic E-state index is 3.55. The molecule has 0 aromatic heterocycles. The molecule has 0 aromatic rings. The van der Waals surface area contributed by atoms with Gasteiger partial charge in [-0.1, -0.05) is 12.7 Å². The Labute approximate surface area is 57.5 Å². The average molecular weight is 125 g/mol. The fourth-order valence-electron chi connectivity index (χ4n) is 0.366. The van der Waals surface area contributed by atoms with Gasteiger partial charge < -0.3 is 5.32 Å². The Morgan fingerprint density at radius 1 is 1.33 bits per heavy atom. The molecule has 0 aromatic carbocycles. The quantitative estimate of drug-likeness (QED) is 0.557. The summed E-state index contributed by atoms with van der Waals surface area (Å²) >= 11 is 0. The molecule has 0 aliphatic heterocycles. The Morgan fingerprint density at radius 3 is 2.22 bits per heavy atom. The summed E-state index contributed by atoms with van der Waals surface area (Å²) in [7, 11) is 0. The maximum Gasteiger partial charge on any atom is 0.0283 e. The summed E-state index contributed by atoms with van der Waals surface area (Å²) in [6.45, 7) is 9.89. The highest BCUT2D eigenvalue weighted by Gasteiger charge is 2.03. The van der Waals surface area contributed by atoms with Gasteiger partial charge in [0.1, 0.15) is 0 Å². The van der Waals surface area contributed by atoms with E-state index in [1.165, 1.54) is 0 Å². The first-order valence-electron chi connectivity index (χ1n) is 3.11. The monoisotopic (exact) mass is 125 g/mol. The Bertz CT molecular complexity index is 106. The van der Waals surface area contributed by atoms with E-state index in [1.807, 2.05) is 12.3 Å². The highest BCUT2D eigenvalue weighted by atomic mass is 14.9. The molecule has 9 heavy (non-hydrogen) atoms. The van der Waals surface area contributed by atoms with Crippen molar-refractivity contribution in [1.29, 1.82) is 0 Å². The van der Waals surface area contributed by atoms with Gasteiger partial charge in [-0.2, -0.15) is 0 Å². The third-order valence-corrected chi connectivity index (χ3v) is 0.749. The highest BCUT2D eigenvalue weighted by Crippen LogP contribution is 1.96. The molecule has 52 valence electrons. The molecule has 1 N–H and O–H groups in total. The lowest BCUT2D eigenvalue weighted by Gasteiger charge is -2.17. The number of hydrogen-bond donors (Lipinski definition) is 1. The molecular formula is C8H15N. The molecule has 0 heterocycles. The van der Waals surface area contributed by atoms with E-state index in [-0.39, 0.29) is 5.54 Å². The van der Waals surface area contributed by atoms with E-state index >= 15 is 0 Å². The number of nitrogens with one attached hydrogen (secondary N) is 1. The second-order valence-electron chi connectivity index (χ2n) is 2.99. The zero-order valence-corrected chi connectivity index (χ0v) is 6.44. The average Bonchev–Trinajstić information content (AvgIpc) is 1.63. The topological polar surface area (TPSA) is 12.0 Å². The number of hydrogen-bond acceptors (Lipinski definition) is 1. The smallest absolute Gasteiger partial charge is 0.0283 e. The largest absolute Gasteiger partial charge is 0.386 e. The van der Waals surface area contributed by atoms with Crippen LogP contribution in [-0.4, -0.2) is 5.54 Å². The zero-order chi connectivity index (χ0) is 7.33. The van der Waals surface area contributed by atoms with E-state index in [1.54, 1.807) is 6.08 Å². The van der Waals surface area contributed by atoms with Crippen molar-refractivity contribution in [3.05, 3.63) is 24.9 Å². The molecule has 0 amide bonds. The molecule has 0 unspecified atom stereocenters. The third kappa shape index (κ3) is 7.28. The summed E-state index contributed by atoms with van der Waals surface area (Å²) < 4.78 is 0. The predicted octanol–water partition coefficient (Wildman–Crippen LogP) is 2.07. The van der Waals surface area contributed by atoms with Crippen LogP contribution in [0.5, 0.6) is 0 Å². The Hall–Kier alpha value is -0.720. The van der Waals surface area contributed by atoms with E-state index in [9.17, 15) is 0 Å². The van der Waals surface area contributed by atoms with Crippen molar-refractivity contribution in [2.45, 2.75) is 26.3 Å². The zero-order valence-electron chi connectivity index (χ0n) is 6.44. The van der Waals surface area contributed by atoms with Gasteiger partial charge in [0.05, 0.1) is 0 Å². The summed E-state index contributed by atoms with van der Waals surface area (Å²) in [5.41, 5.74) is 0.166. The minimum atomic E-state index is 0.166. The molecule has 1 nitrogen and oxygen atoms in total. The van der Waals surface area contributed by atoms with Crippen molar-refractivity contribution in [2.75, 3.05) is 0 Å². The SMILES string of the molecule is C=C/C=C/NC(C)(C)C. The molecule has 0 aliphatic rings. The lowest BCUT2D eigenvalue weighted by atomic mass is 10.1. The van der Waals surface area contributed by atoms with Gasteiger partial charge in [-0.25, -0.2) is 0 Å². The second kappa shape index (κ2) is 3.33. The molecule has 0 rings (SSSR count). The molecule has 0 radical (unpaired) electrons. The number of rotatable bonds is 2. The molecule has 0 bridgehead atoms. The third-order valence-electron chi connectivity index (χ3n) is 0.749. The Balaban J connectivity index is 3.50. The lowest BCUT2D eigenvalue weighted by Crippen LogP contribution is -2.30.